The van der Waals surface area contributed by atoms with E-state index in [0.29, 0.717) is 19.3 Å². The van der Waals surface area contributed by atoms with Crippen LogP contribution in [0.25, 0.3) is 0 Å². The summed E-state index contributed by atoms with van der Waals surface area (Å²) in [7, 11) is 0. The number of hydrogen-bond donors (Lipinski definition) is 3. The van der Waals surface area contributed by atoms with Crippen molar-refractivity contribution in [2.24, 2.45) is 0 Å². The third kappa shape index (κ3) is 41.1. The van der Waals surface area contributed by atoms with Crippen LogP contribution in [-0.2, 0) is 14.3 Å². The topological polar surface area (TPSA) is 95.9 Å². The van der Waals surface area contributed by atoms with Gasteiger partial charge in [-0.1, -0.05) is 226 Å². The van der Waals surface area contributed by atoms with Gasteiger partial charge in [0.1, 0.15) is 6.10 Å². The van der Waals surface area contributed by atoms with Crippen LogP contribution in [0.15, 0.2) is 12.2 Å². The van der Waals surface area contributed by atoms with Gasteiger partial charge in [-0.2, -0.15) is 0 Å². The molecule has 0 aliphatic rings. The van der Waals surface area contributed by atoms with Crippen LogP contribution in [0.3, 0.4) is 0 Å². The van der Waals surface area contributed by atoms with E-state index in [0.717, 1.165) is 51.4 Å². The fraction of sp³-hybridized carbons (Fsp3) is 0.922. The van der Waals surface area contributed by atoms with E-state index in [1.165, 1.54) is 180 Å². The van der Waals surface area contributed by atoms with Gasteiger partial charge in [0.05, 0.1) is 25.2 Å². The minimum Gasteiger partial charge on any atom is -0.462 e. The summed E-state index contributed by atoms with van der Waals surface area (Å²) in [4.78, 5) is 26.1. The number of rotatable bonds is 46. The van der Waals surface area contributed by atoms with E-state index in [1.807, 2.05) is 0 Å². The van der Waals surface area contributed by atoms with Gasteiger partial charge in [0.25, 0.3) is 0 Å². The molecule has 0 aliphatic carbocycles. The molecule has 0 radical (unpaired) electrons. The van der Waals surface area contributed by atoms with Crippen LogP contribution in [-0.4, -0.2) is 46.9 Å². The standard InChI is InChI=1S/C51H99NO5/c1-4-7-10-13-16-19-22-24-26-28-30-33-36-39-42-47(57-51(56)44-41-38-35-32-29-25-23-20-17-14-11-8-5-2)45-50(55)52-48(46-53)49(54)43-40-37-34-31-27-21-18-15-12-9-6-3/h25,29,47-49,53-54H,4-24,26-28,30-46H2,1-3H3,(H,52,55)/b29-25-. The van der Waals surface area contributed by atoms with E-state index in [1.54, 1.807) is 0 Å². The first-order valence-corrected chi connectivity index (χ1v) is 25.4. The van der Waals surface area contributed by atoms with Gasteiger partial charge in [-0.25, -0.2) is 0 Å². The molecule has 0 aromatic rings. The lowest BCUT2D eigenvalue weighted by atomic mass is 10.0. The summed E-state index contributed by atoms with van der Waals surface area (Å²) >= 11 is 0. The Labute approximate surface area is 355 Å². The zero-order valence-corrected chi connectivity index (χ0v) is 38.5. The van der Waals surface area contributed by atoms with E-state index < -0.39 is 18.2 Å². The van der Waals surface area contributed by atoms with Gasteiger partial charge in [0.2, 0.25) is 5.91 Å². The lowest BCUT2D eigenvalue weighted by molar-refractivity contribution is -0.151. The molecule has 0 saturated carbocycles. The van der Waals surface area contributed by atoms with Crippen LogP contribution >= 0.6 is 0 Å². The molecule has 0 heterocycles. The average molecular weight is 806 g/mol. The van der Waals surface area contributed by atoms with Crippen molar-refractivity contribution in [3.05, 3.63) is 12.2 Å². The first-order chi connectivity index (χ1) is 28.0. The average Bonchev–Trinajstić information content (AvgIpc) is 3.20. The number of carbonyl (C=O) groups excluding carboxylic acids is 2. The minimum absolute atomic E-state index is 0.0786. The van der Waals surface area contributed by atoms with Gasteiger partial charge < -0.3 is 20.3 Å². The number of amides is 1. The number of carbonyl (C=O) groups is 2. The second-order valence-corrected chi connectivity index (χ2v) is 17.6. The molecular formula is C51H99NO5. The largest absolute Gasteiger partial charge is 0.462 e. The Morgan fingerprint density at radius 1 is 0.491 bits per heavy atom. The lowest BCUT2D eigenvalue weighted by Crippen LogP contribution is -2.46. The van der Waals surface area contributed by atoms with Gasteiger partial charge in [-0.3, -0.25) is 9.59 Å². The maximum atomic E-state index is 13.2. The van der Waals surface area contributed by atoms with E-state index in [9.17, 15) is 19.8 Å². The number of allylic oxidation sites excluding steroid dienone is 2. The van der Waals surface area contributed by atoms with Gasteiger partial charge in [-0.15, -0.1) is 0 Å². The number of esters is 1. The van der Waals surface area contributed by atoms with Crippen LogP contribution in [0.1, 0.15) is 278 Å². The Morgan fingerprint density at radius 3 is 1.25 bits per heavy atom. The fourth-order valence-corrected chi connectivity index (χ4v) is 7.96. The van der Waals surface area contributed by atoms with Crippen molar-refractivity contribution in [2.45, 2.75) is 296 Å². The third-order valence-electron chi connectivity index (χ3n) is 11.8. The maximum Gasteiger partial charge on any atom is 0.306 e. The van der Waals surface area contributed by atoms with Crippen LogP contribution < -0.4 is 5.32 Å². The van der Waals surface area contributed by atoms with Crippen molar-refractivity contribution < 1.29 is 24.5 Å². The first kappa shape index (κ1) is 55.6. The Morgan fingerprint density at radius 2 is 0.842 bits per heavy atom. The van der Waals surface area contributed by atoms with Gasteiger partial charge in [0, 0.05) is 6.42 Å². The second kappa shape index (κ2) is 45.7. The van der Waals surface area contributed by atoms with Crippen LogP contribution in [0.5, 0.6) is 0 Å². The molecule has 0 saturated heterocycles. The summed E-state index contributed by atoms with van der Waals surface area (Å²) in [6, 6.07) is -0.696. The van der Waals surface area contributed by atoms with E-state index in [-0.39, 0.29) is 24.9 Å². The molecule has 0 aromatic carbocycles. The summed E-state index contributed by atoms with van der Waals surface area (Å²) in [6.45, 7) is 6.48. The fourth-order valence-electron chi connectivity index (χ4n) is 7.96. The molecule has 338 valence electrons. The molecule has 3 unspecified atom stereocenters. The number of aliphatic hydroxyl groups is 2. The highest BCUT2D eigenvalue weighted by molar-refractivity contribution is 5.77. The third-order valence-corrected chi connectivity index (χ3v) is 11.8. The molecular weight excluding hydrogens is 707 g/mol. The highest BCUT2D eigenvalue weighted by Gasteiger charge is 2.24. The van der Waals surface area contributed by atoms with Crippen molar-refractivity contribution in [3.63, 3.8) is 0 Å². The lowest BCUT2D eigenvalue weighted by Gasteiger charge is -2.24. The van der Waals surface area contributed by atoms with Gasteiger partial charge >= 0.3 is 5.97 Å². The molecule has 6 nitrogen and oxygen atoms in total. The van der Waals surface area contributed by atoms with Crippen LogP contribution in [0, 0.1) is 0 Å². The molecule has 0 fully saturated rings. The monoisotopic (exact) mass is 806 g/mol. The highest BCUT2D eigenvalue weighted by Crippen LogP contribution is 2.18. The van der Waals surface area contributed by atoms with E-state index >= 15 is 0 Å². The normalized spacial score (nSPS) is 13.3. The highest BCUT2D eigenvalue weighted by atomic mass is 16.5. The van der Waals surface area contributed by atoms with Crippen molar-refractivity contribution in [1.29, 1.82) is 0 Å². The predicted octanol–water partition coefficient (Wildman–Crippen LogP) is 15.0. The zero-order chi connectivity index (χ0) is 41.7. The molecule has 57 heavy (non-hydrogen) atoms. The molecule has 0 rings (SSSR count). The van der Waals surface area contributed by atoms with Crippen molar-refractivity contribution in [1.82, 2.24) is 5.32 Å². The number of hydrogen-bond acceptors (Lipinski definition) is 5. The summed E-state index contributed by atoms with van der Waals surface area (Å²) in [5, 5.41) is 23.7. The molecule has 3 N–H and O–H groups in total. The summed E-state index contributed by atoms with van der Waals surface area (Å²) < 4.78 is 5.92. The maximum absolute atomic E-state index is 13.2. The van der Waals surface area contributed by atoms with Crippen LogP contribution in [0.4, 0.5) is 0 Å². The number of unbranched alkanes of at least 4 members (excludes halogenated alkanes) is 32. The molecule has 6 heteroatoms. The molecule has 0 bridgehead atoms. The smallest absolute Gasteiger partial charge is 0.306 e. The quantitative estimate of drug-likeness (QED) is 0.0323. The number of ether oxygens (including phenoxy) is 1. The van der Waals surface area contributed by atoms with E-state index in [2.05, 4.69) is 38.2 Å². The molecule has 0 aliphatic heterocycles. The van der Waals surface area contributed by atoms with Crippen molar-refractivity contribution in [2.75, 3.05) is 6.61 Å². The summed E-state index contributed by atoms with van der Waals surface area (Å²) in [5.41, 5.74) is 0. The zero-order valence-electron chi connectivity index (χ0n) is 38.5. The van der Waals surface area contributed by atoms with Crippen LogP contribution in [0.2, 0.25) is 0 Å². The first-order valence-electron chi connectivity index (χ1n) is 25.4. The SMILES string of the molecule is CCCCCCCC/C=C\CCCCCC(=O)OC(CCCCCCCCCCCCCCCC)CC(=O)NC(CO)C(O)CCCCCCCCCCCCC. The molecule has 1 amide bonds. The molecule has 0 spiro atoms. The Kier molecular flexibility index (Phi) is 44.6. The Bertz CT molecular complexity index is 863. The summed E-state index contributed by atoms with van der Waals surface area (Å²) in [5.74, 6) is -0.477. The molecule has 3 atom stereocenters. The predicted molar refractivity (Wildman–Crippen MR) is 246 cm³/mol. The van der Waals surface area contributed by atoms with Crippen molar-refractivity contribution >= 4 is 11.9 Å². The number of nitrogens with one attached hydrogen (secondary N) is 1. The minimum atomic E-state index is -0.783. The Hall–Kier alpha value is -1.40. The van der Waals surface area contributed by atoms with Crippen molar-refractivity contribution in [3.8, 4) is 0 Å². The molecule has 0 aromatic heterocycles. The summed E-state index contributed by atoms with van der Waals surface area (Å²) in [6.07, 6.45) is 49.8. The van der Waals surface area contributed by atoms with Gasteiger partial charge in [-0.05, 0) is 51.4 Å². The number of aliphatic hydroxyl groups excluding tert-OH is 2. The second-order valence-electron chi connectivity index (χ2n) is 17.6. The van der Waals surface area contributed by atoms with E-state index in [4.69, 9.17) is 4.74 Å². The van der Waals surface area contributed by atoms with Gasteiger partial charge in [0.15, 0.2) is 0 Å². The Balaban J connectivity index is 4.57.